The Labute approximate surface area is 171 Å². The Kier molecular flexibility index (Phi) is 6.64. The van der Waals surface area contributed by atoms with Crippen LogP contribution >= 0.6 is 0 Å². The molecule has 1 aromatic heterocycles. The Hall–Kier alpha value is -2.74. The summed E-state index contributed by atoms with van der Waals surface area (Å²) in [6.07, 6.45) is 2.11. The zero-order chi connectivity index (χ0) is 21.0. The number of rotatable bonds is 7. The van der Waals surface area contributed by atoms with E-state index in [4.69, 9.17) is 14.2 Å². The average Bonchev–Trinajstić information content (AvgIpc) is 3.11. The van der Waals surface area contributed by atoms with Crippen molar-refractivity contribution in [3.63, 3.8) is 0 Å². The fourth-order valence-electron chi connectivity index (χ4n) is 3.67. The fraction of sp³-hybridized carbons (Fsp3) is 0.524. The maximum atomic E-state index is 13.1. The molecule has 0 atom stereocenters. The molecule has 1 saturated heterocycles. The number of nitrogens with zero attached hydrogens (tertiary/aromatic N) is 4. The van der Waals surface area contributed by atoms with Crippen molar-refractivity contribution in [2.24, 2.45) is 0 Å². The second-order valence-corrected chi connectivity index (χ2v) is 7.05. The highest BCUT2D eigenvalue weighted by Crippen LogP contribution is 2.40. The predicted molar refractivity (Wildman–Crippen MR) is 110 cm³/mol. The molecule has 158 valence electrons. The van der Waals surface area contributed by atoms with Crippen LogP contribution in [-0.4, -0.2) is 73.0 Å². The summed E-state index contributed by atoms with van der Waals surface area (Å²) in [7, 11) is 4.63. The van der Waals surface area contributed by atoms with E-state index in [1.807, 2.05) is 16.5 Å². The monoisotopic (exact) mass is 402 g/mol. The molecule has 2 aromatic rings. The Bertz CT molecular complexity index is 857. The number of benzene rings is 1. The first kappa shape index (κ1) is 21.0. The smallest absolute Gasteiger partial charge is 0.257 e. The number of hydrogen-bond acceptors (Lipinski definition) is 6. The van der Waals surface area contributed by atoms with Crippen LogP contribution in [0, 0.1) is 6.92 Å². The molecular formula is C21H30N4O4. The number of amides is 1. The molecule has 0 radical (unpaired) electrons. The molecule has 0 unspecified atom stereocenters. The van der Waals surface area contributed by atoms with Gasteiger partial charge in [-0.05, 0) is 26.0 Å². The van der Waals surface area contributed by atoms with Crippen molar-refractivity contribution in [1.82, 2.24) is 19.6 Å². The second-order valence-electron chi connectivity index (χ2n) is 7.05. The third kappa shape index (κ3) is 4.32. The highest BCUT2D eigenvalue weighted by Gasteiger charge is 2.27. The van der Waals surface area contributed by atoms with Gasteiger partial charge >= 0.3 is 0 Å². The zero-order valence-electron chi connectivity index (χ0n) is 17.9. The van der Waals surface area contributed by atoms with Gasteiger partial charge in [-0.25, -0.2) is 0 Å². The lowest BCUT2D eigenvalue weighted by Gasteiger charge is -2.35. The molecule has 1 amide bonds. The third-order valence-electron chi connectivity index (χ3n) is 5.36. The fourth-order valence-corrected chi connectivity index (χ4v) is 3.67. The van der Waals surface area contributed by atoms with Gasteiger partial charge in [0, 0.05) is 51.0 Å². The molecule has 0 N–H and O–H groups in total. The maximum Gasteiger partial charge on any atom is 0.257 e. The van der Waals surface area contributed by atoms with Crippen LogP contribution in [0.1, 0.15) is 28.5 Å². The first-order chi connectivity index (χ1) is 14.0. The first-order valence-corrected chi connectivity index (χ1v) is 9.85. The molecule has 0 aliphatic carbocycles. The highest BCUT2D eigenvalue weighted by atomic mass is 16.5. The molecule has 1 fully saturated rings. The lowest BCUT2D eigenvalue weighted by atomic mass is 10.1. The normalized spacial score (nSPS) is 14.7. The van der Waals surface area contributed by atoms with Crippen LogP contribution in [0.25, 0.3) is 0 Å². The van der Waals surface area contributed by atoms with E-state index < -0.39 is 0 Å². The number of aromatic nitrogens is 2. The minimum Gasteiger partial charge on any atom is -0.493 e. The topological polar surface area (TPSA) is 69.1 Å². The summed E-state index contributed by atoms with van der Waals surface area (Å²) in [5.41, 5.74) is 2.80. The van der Waals surface area contributed by atoms with Gasteiger partial charge < -0.3 is 19.1 Å². The molecule has 8 nitrogen and oxygen atoms in total. The second kappa shape index (κ2) is 9.17. The molecule has 3 rings (SSSR count). The van der Waals surface area contributed by atoms with E-state index in [0.717, 1.165) is 31.9 Å². The van der Waals surface area contributed by atoms with E-state index in [1.165, 1.54) is 19.8 Å². The average molecular weight is 402 g/mol. The quantitative estimate of drug-likeness (QED) is 0.707. The van der Waals surface area contributed by atoms with Crippen LogP contribution in [0.3, 0.4) is 0 Å². The number of aryl methyl sites for hydroxylation is 2. The SMILES string of the molecule is CCn1cc(CN2CCN(C(=O)c3ccc(OC)c(OC)c3OC)CC2)c(C)n1. The Morgan fingerprint density at radius 2 is 1.72 bits per heavy atom. The van der Waals surface area contributed by atoms with E-state index in [9.17, 15) is 4.79 Å². The summed E-state index contributed by atoms with van der Waals surface area (Å²) in [6, 6.07) is 3.47. The van der Waals surface area contributed by atoms with E-state index >= 15 is 0 Å². The van der Waals surface area contributed by atoms with E-state index in [2.05, 4.69) is 23.1 Å². The lowest BCUT2D eigenvalue weighted by Crippen LogP contribution is -2.48. The van der Waals surface area contributed by atoms with Crippen LogP contribution in [0.2, 0.25) is 0 Å². The Morgan fingerprint density at radius 3 is 2.28 bits per heavy atom. The molecule has 1 aromatic carbocycles. The number of methoxy groups -OCH3 is 3. The van der Waals surface area contributed by atoms with Gasteiger partial charge in [0.2, 0.25) is 5.75 Å². The summed E-state index contributed by atoms with van der Waals surface area (Å²) in [5, 5.41) is 4.52. The Balaban J connectivity index is 1.68. The van der Waals surface area contributed by atoms with Gasteiger partial charge in [0.15, 0.2) is 11.5 Å². The number of ether oxygens (including phenoxy) is 3. The third-order valence-corrected chi connectivity index (χ3v) is 5.36. The van der Waals surface area contributed by atoms with Crippen molar-refractivity contribution in [2.75, 3.05) is 47.5 Å². The molecule has 29 heavy (non-hydrogen) atoms. The summed E-state index contributed by atoms with van der Waals surface area (Å²) in [4.78, 5) is 17.4. The molecule has 2 heterocycles. The maximum absolute atomic E-state index is 13.1. The predicted octanol–water partition coefficient (Wildman–Crippen LogP) is 2.20. The van der Waals surface area contributed by atoms with Crippen molar-refractivity contribution in [1.29, 1.82) is 0 Å². The van der Waals surface area contributed by atoms with Gasteiger partial charge in [0.25, 0.3) is 5.91 Å². The largest absolute Gasteiger partial charge is 0.493 e. The molecule has 0 saturated carbocycles. The van der Waals surface area contributed by atoms with Crippen molar-refractivity contribution in [3.8, 4) is 17.2 Å². The zero-order valence-corrected chi connectivity index (χ0v) is 17.9. The molecule has 1 aliphatic rings. The number of carbonyl (C=O) groups is 1. The standard InChI is InChI=1S/C21H30N4O4/c1-6-25-14-16(15(2)22-25)13-23-9-11-24(12-10-23)21(26)17-7-8-18(27-3)20(29-5)19(17)28-4/h7-8,14H,6,9-13H2,1-5H3. The molecular weight excluding hydrogens is 372 g/mol. The minimum absolute atomic E-state index is 0.0579. The highest BCUT2D eigenvalue weighted by molar-refractivity contribution is 5.98. The summed E-state index contributed by atoms with van der Waals surface area (Å²) in [6.45, 7) is 8.82. The van der Waals surface area contributed by atoms with E-state index in [-0.39, 0.29) is 5.91 Å². The van der Waals surface area contributed by atoms with E-state index in [0.29, 0.717) is 35.9 Å². The van der Waals surface area contributed by atoms with Gasteiger partial charge in [-0.1, -0.05) is 0 Å². The number of carbonyl (C=O) groups excluding carboxylic acids is 1. The minimum atomic E-state index is -0.0579. The molecule has 1 aliphatic heterocycles. The Morgan fingerprint density at radius 1 is 1.03 bits per heavy atom. The van der Waals surface area contributed by atoms with Gasteiger partial charge in [-0.15, -0.1) is 0 Å². The lowest BCUT2D eigenvalue weighted by molar-refractivity contribution is 0.0624. The molecule has 0 spiro atoms. The summed E-state index contributed by atoms with van der Waals surface area (Å²) < 4.78 is 18.2. The number of piperazine rings is 1. The van der Waals surface area contributed by atoms with Crippen molar-refractivity contribution < 1.29 is 19.0 Å². The van der Waals surface area contributed by atoms with Crippen LogP contribution in [-0.2, 0) is 13.1 Å². The summed E-state index contributed by atoms with van der Waals surface area (Å²) in [5.74, 6) is 1.32. The van der Waals surface area contributed by atoms with Gasteiger partial charge in [-0.2, -0.15) is 5.10 Å². The first-order valence-electron chi connectivity index (χ1n) is 9.85. The van der Waals surface area contributed by atoms with Gasteiger partial charge in [-0.3, -0.25) is 14.4 Å². The van der Waals surface area contributed by atoms with Crippen molar-refractivity contribution >= 4 is 5.91 Å². The molecule has 0 bridgehead atoms. The van der Waals surface area contributed by atoms with E-state index in [1.54, 1.807) is 19.2 Å². The number of hydrogen-bond donors (Lipinski definition) is 0. The van der Waals surface area contributed by atoms with Crippen LogP contribution in [0.4, 0.5) is 0 Å². The molecule has 8 heteroatoms. The van der Waals surface area contributed by atoms with Crippen molar-refractivity contribution in [3.05, 3.63) is 35.2 Å². The van der Waals surface area contributed by atoms with Crippen LogP contribution in [0.5, 0.6) is 17.2 Å². The van der Waals surface area contributed by atoms with Crippen LogP contribution < -0.4 is 14.2 Å². The van der Waals surface area contributed by atoms with Crippen LogP contribution in [0.15, 0.2) is 18.3 Å². The summed E-state index contributed by atoms with van der Waals surface area (Å²) >= 11 is 0. The van der Waals surface area contributed by atoms with Gasteiger partial charge in [0.1, 0.15) is 0 Å². The van der Waals surface area contributed by atoms with Gasteiger partial charge in [0.05, 0.1) is 32.6 Å². The van der Waals surface area contributed by atoms with Crippen molar-refractivity contribution in [2.45, 2.75) is 26.9 Å².